The highest BCUT2D eigenvalue weighted by Gasteiger charge is 2.44. The number of hydrogen-bond acceptors (Lipinski definition) is 8. The van der Waals surface area contributed by atoms with Crippen molar-refractivity contribution in [3.63, 3.8) is 0 Å². The molecule has 1 saturated carbocycles. The summed E-state index contributed by atoms with van der Waals surface area (Å²) in [6, 6.07) is 8.86. The number of aromatic nitrogens is 1. The second-order valence-corrected chi connectivity index (χ2v) is 14.4. The maximum Gasteiger partial charge on any atom is 0.276 e. The first-order chi connectivity index (χ1) is 22.0. The van der Waals surface area contributed by atoms with Gasteiger partial charge in [0.15, 0.2) is 0 Å². The molecule has 0 unspecified atom stereocenters. The lowest BCUT2D eigenvalue weighted by Crippen LogP contribution is -2.49. The Kier molecular flexibility index (Phi) is 11.1. The molecule has 2 aromatic rings. The molecule has 0 atom stereocenters. The monoisotopic (exact) mass is 681 g/mol. The number of rotatable bonds is 12. The molecule has 252 valence electrons. The van der Waals surface area contributed by atoms with E-state index >= 15 is 8.78 Å². The third-order valence-electron chi connectivity index (χ3n) is 9.12. The SMILES string of the molecule is NCCNCCNC(=O)C1CCC(C(F)(F)c2cc(Cl)nc(N3CCN(S(=O)(=O)c4ccc(N5CCCC5=O)cc4)CC3)c2)CC1. The predicted octanol–water partition coefficient (Wildman–Crippen LogP) is 2.94. The fourth-order valence-electron chi connectivity index (χ4n) is 6.46. The fraction of sp³-hybridized carbons (Fsp3) is 0.581. The molecular weight excluding hydrogens is 640 g/mol. The van der Waals surface area contributed by atoms with E-state index in [4.69, 9.17) is 17.3 Å². The molecule has 0 bridgehead atoms. The molecule has 3 heterocycles. The number of anilines is 2. The number of nitrogens with zero attached hydrogens (tertiary/aromatic N) is 4. The van der Waals surface area contributed by atoms with Crippen LogP contribution in [-0.4, -0.2) is 88.4 Å². The molecule has 2 saturated heterocycles. The van der Waals surface area contributed by atoms with Crippen LogP contribution < -0.4 is 26.2 Å². The summed E-state index contributed by atoms with van der Waals surface area (Å²) in [6.45, 7) is 3.64. The van der Waals surface area contributed by atoms with Crippen LogP contribution in [0.3, 0.4) is 0 Å². The largest absolute Gasteiger partial charge is 0.355 e. The molecule has 3 fully saturated rings. The first kappa shape index (κ1) is 34.4. The van der Waals surface area contributed by atoms with Gasteiger partial charge < -0.3 is 26.2 Å². The average Bonchev–Trinajstić information content (AvgIpc) is 3.50. The van der Waals surface area contributed by atoms with E-state index in [2.05, 4.69) is 15.6 Å². The summed E-state index contributed by atoms with van der Waals surface area (Å²) in [4.78, 5) is 32.4. The van der Waals surface area contributed by atoms with Crippen LogP contribution >= 0.6 is 11.6 Å². The van der Waals surface area contributed by atoms with E-state index in [0.29, 0.717) is 57.7 Å². The van der Waals surface area contributed by atoms with Gasteiger partial charge in [-0.15, -0.1) is 0 Å². The number of alkyl halides is 2. The Balaban J connectivity index is 1.17. The Morgan fingerprint density at radius 2 is 1.70 bits per heavy atom. The third-order valence-corrected chi connectivity index (χ3v) is 11.2. The van der Waals surface area contributed by atoms with E-state index in [1.807, 2.05) is 0 Å². The van der Waals surface area contributed by atoms with E-state index in [9.17, 15) is 18.0 Å². The molecule has 1 aromatic heterocycles. The Morgan fingerprint density at radius 3 is 2.33 bits per heavy atom. The summed E-state index contributed by atoms with van der Waals surface area (Å²) < 4.78 is 59.8. The second-order valence-electron chi connectivity index (χ2n) is 12.1. The van der Waals surface area contributed by atoms with Crippen LogP contribution in [0.5, 0.6) is 0 Å². The molecule has 5 rings (SSSR count). The highest BCUT2D eigenvalue weighted by molar-refractivity contribution is 7.89. The summed E-state index contributed by atoms with van der Waals surface area (Å²) in [5, 5.41) is 5.91. The van der Waals surface area contributed by atoms with Crippen LogP contribution in [0.25, 0.3) is 0 Å². The van der Waals surface area contributed by atoms with Crippen LogP contribution in [0.2, 0.25) is 5.15 Å². The van der Waals surface area contributed by atoms with Crippen molar-refractivity contribution >= 4 is 44.9 Å². The van der Waals surface area contributed by atoms with Crippen molar-refractivity contribution in [1.82, 2.24) is 19.9 Å². The fourth-order valence-corrected chi connectivity index (χ4v) is 8.09. The first-order valence-corrected chi connectivity index (χ1v) is 17.7. The Bertz CT molecular complexity index is 1480. The van der Waals surface area contributed by atoms with Crippen molar-refractivity contribution in [2.75, 3.05) is 68.7 Å². The number of halogens is 3. The zero-order chi connectivity index (χ0) is 32.9. The molecule has 0 radical (unpaired) electrons. The van der Waals surface area contributed by atoms with Crippen molar-refractivity contribution in [1.29, 1.82) is 0 Å². The standard InChI is InChI=1S/C31H42ClF2N7O4S/c32-27-20-24(31(33,34)23-5-3-22(4-6-23)30(43)37-14-13-36-12-11-35)21-28(38-27)39-16-18-40(19-17-39)46(44,45)26-9-7-25(8-10-26)41-15-1-2-29(41)42/h7-10,20-23,36H,1-6,11-19,35H2,(H,37,43). The second kappa shape index (κ2) is 14.9. The van der Waals surface area contributed by atoms with Crippen LogP contribution in [0.4, 0.5) is 20.3 Å². The number of carbonyl (C=O) groups excluding carboxylic acids is 2. The van der Waals surface area contributed by atoms with Gasteiger partial charge in [-0.3, -0.25) is 9.59 Å². The lowest BCUT2D eigenvalue weighted by Gasteiger charge is -2.36. The first-order valence-electron chi connectivity index (χ1n) is 15.9. The summed E-state index contributed by atoms with van der Waals surface area (Å²) in [5.74, 6) is -4.22. The minimum atomic E-state index is -3.79. The van der Waals surface area contributed by atoms with Gasteiger partial charge in [-0.25, -0.2) is 22.2 Å². The van der Waals surface area contributed by atoms with Crippen LogP contribution in [0.1, 0.15) is 44.1 Å². The van der Waals surface area contributed by atoms with Crippen LogP contribution in [-0.2, 0) is 25.5 Å². The van der Waals surface area contributed by atoms with Gasteiger partial charge in [-0.05, 0) is 68.5 Å². The summed E-state index contributed by atoms with van der Waals surface area (Å²) in [5.41, 5.74) is 5.88. The van der Waals surface area contributed by atoms with Gasteiger partial charge in [0.1, 0.15) is 11.0 Å². The normalized spacial score (nSPS) is 21.5. The minimum Gasteiger partial charge on any atom is -0.355 e. The van der Waals surface area contributed by atoms with Crippen molar-refractivity contribution in [3.05, 3.63) is 47.1 Å². The summed E-state index contributed by atoms with van der Waals surface area (Å²) in [6.07, 6.45) is 2.43. The molecular formula is C31H42ClF2N7O4S. The molecule has 0 spiro atoms. The molecule has 1 aromatic carbocycles. The molecule has 15 heteroatoms. The van der Waals surface area contributed by atoms with Crippen LogP contribution in [0.15, 0.2) is 41.3 Å². The van der Waals surface area contributed by atoms with Gasteiger partial charge in [0.05, 0.1) is 4.90 Å². The molecule has 2 amide bonds. The van der Waals surface area contributed by atoms with E-state index in [1.165, 1.54) is 28.6 Å². The molecule has 2 aliphatic heterocycles. The Hall–Kier alpha value is -2.91. The van der Waals surface area contributed by atoms with Crippen molar-refractivity contribution in [3.8, 4) is 0 Å². The van der Waals surface area contributed by atoms with Crippen LogP contribution in [0, 0.1) is 11.8 Å². The maximum absolute atomic E-state index is 15.8. The zero-order valence-electron chi connectivity index (χ0n) is 25.8. The van der Waals surface area contributed by atoms with Gasteiger partial charge in [-0.2, -0.15) is 4.31 Å². The minimum absolute atomic E-state index is 0.0256. The number of sulfonamides is 1. The van der Waals surface area contributed by atoms with Crippen molar-refractivity contribution in [2.45, 2.75) is 49.3 Å². The van der Waals surface area contributed by atoms with Gasteiger partial charge in [-0.1, -0.05) is 11.6 Å². The predicted molar refractivity (Wildman–Crippen MR) is 173 cm³/mol. The summed E-state index contributed by atoms with van der Waals surface area (Å²) >= 11 is 6.24. The maximum atomic E-state index is 15.8. The number of amides is 2. The molecule has 1 aliphatic carbocycles. The number of piperazine rings is 1. The number of benzene rings is 1. The third kappa shape index (κ3) is 7.79. The van der Waals surface area contributed by atoms with Crippen molar-refractivity contribution < 1.29 is 26.8 Å². The van der Waals surface area contributed by atoms with Crippen molar-refractivity contribution in [2.24, 2.45) is 17.6 Å². The quantitative estimate of drug-likeness (QED) is 0.230. The lowest BCUT2D eigenvalue weighted by atomic mass is 9.77. The number of carbonyl (C=O) groups is 2. The topological polar surface area (TPSA) is 141 Å². The highest BCUT2D eigenvalue weighted by atomic mass is 35.5. The van der Waals surface area contributed by atoms with Gasteiger partial charge >= 0.3 is 0 Å². The molecule has 4 N–H and O–H groups in total. The summed E-state index contributed by atoms with van der Waals surface area (Å²) in [7, 11) is -3.79. The van der Waals surface area contributed by atoms with E-state index in [-0.39, 0.29) is 78.2 Å². The number of nitrogens with one attached hydrogen (secondary N) is 2. The van der Waals surface area contributed by atoms with Gasteiger partial charge in [0, 0.05) is 88.4 Å². The zero-order valence-corrected chi connectivity index (χ0v) is 27.3. The number of nitrogens with two attached hydrogens (primary N) is 1. The molecule has 11 nitrogen and oxygen atoms in total. The Morgan fingerprint density at radius 1 is 1.00 bits per heavy atom. The van der Waals surface area contributed by atoms with E-state index in [0.717, 1.165) is 6.42 Å². The van der Waals surface area contributed by atoms with Gasteiger partial charge in [0.2, 0.25) is 21.8 Å². The van der Waals surface area contributed by atoms with E-state index < -0.39 is 21.9 Å². The average molecular weight is 682 g/mol. The van der Waals surface area contributed by atoms with Gasteiger partial charge in [0.25, 0.3) is 5.92 Å². The highest BCUT2D eigenvalue weighted by Crippen LogP contribution is 2.46. The lowest BCUT2D eigenvalue weighted by molar-refractivity contribution is -0.129. The smallest absolute Gasteiger partial charge is 0.276 e. The molecule has 3 aliphatic rings. The molecule has 46 heavy (non-hydrogen) atoms. The Labute approximate surface area is 273 Å². The van der Waals surface area contributed by atoms with E-state index in [1.54, 1.807) is 21.9 Å². The number of hydrogen-bond donors (Lipinski definition) is 3. The number of pyridine rings is 1.